The topological polar surface area (TPSA) is 108 Å². The maximum absolute atomic E-state index is 12.9. The van der Waals surface area contributed by atoms with Gasteiger partial charge in [0.2, 0.25) is 10.0 Å². The predicted molar refractivity (Wildman–Crippen MR) is 95.7 cm³/mol. The lowest BCUT2D eigenvalue weighted by Crippen LogP contribution is -2.34. The second-order valence-corrected chi connectivity index (χ2v) is 8.58. The van der Waals surface area contributed by atoms with Gasteiger partial charge in [-0.15, -0.1) is 0 Å². The zero-order valence-corrected chi connectivity index (χ0v) is 15.6. The third kappa shape index (κ3) is 3.85. The lowest BCUT2D eigenvalue weighted by atomic mass is 10.1. The number of hydrogen-bond acceptors (Lipinski definition) is 6. The molecule has 2 saturated heterocycles. The second-order valence-electron chi connectivity index (χ2n) is 6.67. The number of sulfonamides is 1. The Morgan fingerprint density at radius 1 is 1.35 bits per heavy atom. The van der Waals surface area contributed by atoms with Gasteiger partial charge in [-0.1, -0.05) is 0 Å². The van der Waals surface area contributed by atoms with E-state index in [1.54, 1.807) is 6.07 Å². The minimum Gasteiger partial charge on any atom is -0.495 e. The number of β-amino-alcohol motifs (C(OH)–C–C–N with tert-alkyl or cyclic N) is 1. The van der Waals surface area contributed by atoms with Gasteiger partial charge in [0, 0.05) is 44.2 Å². The third-order valence-corrected chi connectivity index (χ3v) is 6.86. The number of benzene rings is 1. The monoisotopic (exact) mass is 383 g/mol. The smallest absolute Gasteiger partial charge is 0.251 e. The Bertz CT molecular complexity index is 762. The average Bonchev–Trinajstić information content (AvgIpc) is 3.31. The van der Waals surface area contributed by atoms with Gasteiger partial charge in [-0.2, -0.15) is 4.31 Å². The van der Waals surface area contributed by atoms with Crippen molar-refractivity contribution in [2.24, 2.45) is 5.92 Å². The zero-order valence-electron chi connectivity index (χ0n) is 14.8. The summed E-state index contributed by atoms with van der Waals surface area (Å²) in [6.45, 7) is 2.44. The number of ether oxygens (including phenoxy) is 1. The first-order valence-electron chi connectivity index (χ1n) is 8.78. The molecule has 8 nitrogen and oxygen atoms in total. The first kappa shape index (κ1) is 19.1. The molecule has 2 atom stereocenters. The number of carbonyl (C=O) groups excluding carboxylic acids is 1. The molecule has 9 heteroatoms. The van der Waals surface area contributed by atoms with Gasteiger partial charge in [0.05, 0.1) is 13.2 Å². The molecule has 26 heavy (non-hydrogen) atoms. The van der Waals surface area contributed by atoms with Crippen molar-refractivity contribution in [3.8, 4) is 5.75 Å². The SMILES string of the molecule is COc1ccc(C(=O)NCC2CNCC2O)cc1S(=O)(=O)N1CCCC1. The summed E-state index contributed by atoms with van der Waals surface area (Å²) in [5, 5.41) is 15.6. The fourth-order valence-electron chi connectivity index (χ4n) is 3.34. The molecule has 1 aromatic rings. The molecule has 1 amide bonds. The Hall–Kier alpha value is -1.68. The molecule has 2 aliphatic heterocycles. The fraction of sp³-hybridized carbons (Fsp3) is 0.588. The lowest BCUT2D eigenvalue weighted by molar-refractivity contribution is 0.0927. The van der Waals surface area contributed by atoms with Crippen LogP contribution in [0.3, 0.4) is 0 Å². The van der Waals surface area contributed by atoms with E-state index in [4.69, 9.17) is 4.74 Å². The summed E-state index contributed by atoms with van der Waals surface area (Å²) >= 11 is 0. The number of rotatable bonds is 6. The molecule has 0 aliphatic carbocycles. The van der Waals surface area contributed by atoms with E-state index in [2.05, 4.69) is 10.6 Å². The maximum atomic E-state index is 12.9. The van der Waals surface area contributed by atoms with Crippen LogP contribution in [0.4, 0.5) is 0 Å². The Labute approximate surface area is 153 Å². The van der Waals surface area contributed by atoms with Gasteiger partial charge in [0.15, 0.2) is 0 Å². The van der Waals surface area contributed by atoms with Crippen molar-refractivity contribution in [1.29, 1.82) is 0 Å². The van der Waals surface area contributed by atoms with Crippen LogP contribution in [0.1, 0.15) is 23.2 Å². The highest BCUT2D eigenvalue weighted by atomic mass is 32.2. The number of nitrogens with zero attached hydrogens (tertiary/aromatic N) is 1. The molecule has 0 aromatic heterocycles. The minimum atomic E-state index is -3.70. The van der Waals surface area contributed by atoms with Gasteiger partial charge < -0.3 is 20.5 Å². The molecule has 2 unspecified atom stereocenters. The van der Waals surface area contributed by atoms with Crippen molar-refractivity contribution < 1.29 is 23.1 Å². The van der Waals surface area contributed by atoms with Crippen molar-refractivity contribution in [2.75, 3.05) is 39.8 Å². The Kier molecular flexibility index (Phi) is 5.81. The number of hydrogen-bond donors (Lipinski definition) is 3. The summed E-state index contributed by atoms with van der Waals surface area (Å²) in [6.07, 6.45) is 1.18. The summed E-state index contributed by atoms with van der Waals surface area (Å²) in [5.41, 5.74) is 0.254. The molecule has 2 fully saturated rings. The van der Waals surface area contributed by atoms with Gasteiger partial charge in [-0.25, -0.2) is 8.42 Å². The van der Waals surface area contributed by atoms with E-state index in [9.17, 15) is 18.3 Å². The summed E-state index contributed by atoms with van der Waals surface area (Å²) in [7, 11) is -2.29. The van der Waals surface area contributed by atoms with Crippen LogP contribution in [-0.4, -0.2) is 69.7 Å². The van der Waals surface area contributed by atoms with Crippen LogP contribution in [0.5, 0.6) is 5.75 Å². The molecule has 0 spiro atoms. The van der Waals surface area contributed by atoms with Crippen molar-refractivity contribution >= 4 is 15.9 Å². The molecule has 0 bridgehead atoms. The minimum absolute atomic E-state index is 0.0112. The Morgan fingerprint density at radius 2 is 2.08 bits per heavy atom. The normalized spacial score (nSPS) is 23.9. The number of carbonyl (C=O) groups is 1. The summed E-state index contributed by atoms with van der Waals surface area (Å²) < 4.78 is 32.4. The molecule has 2 aliphatic rings. The van der Waals surface area contributed by atoms with Crippen LogP contribution in [0, 0.1) is 5.92 Å². The van der Waals surface area contributed by atoms with Crippen LogP contribution in [0.2, 0.25) is 0 Å². The summed E-state index contributed by atoms with van der Waals surface area (Å²) in [4.78, 5) is 12.5. The molecular weight excluding hydrogens is 358 g/mol. The largest absolute Gasteiger partial charge is 0.495 e. The van der Waals surface area contributed by atoms with E-state index >= 15 is 0 Å². The van der Waals surface area contributed by atoms with Gasteiger partial charge in [-0.3, -0.25) is 4.79 Å². The fourth-order valence-corrected chi connectivity index (χ4v) is 5.04. The third-order valence-electron chi connectivity index (χ3n) is 4.94. The highest BCUT2D eigenvalue weighted by Gasteiger charge is 2.31. The summed E-state index contributed by atoms with van der Waals surface area (Å²) in [6, 6.07) is 4.41. The van der Waals surface area contributed by atoms with Crippen molar-refractivity contribution in [2.45, 2.75) is 23.8 Å². The maximum Gasteiger partial charge on any atom is 0.251 e. The van der Waals surface area contributed by atoms with Crippen molar-refractivity contribution in [3.05, 3.63) is 23.8 Å². The zero-order chi connectivity index (χ0) is 18.7. The number of amides is 1. The van der Waals surface area contributed by atoms with Crippen molar-refractivity contribution in [3.63, 3.8) is 0 Å². The Morgan fingerprint density at radius 3 is 2.69 bits per heavy atom. The highest BCUT2D eigenvalue weighted by molar-refractivity contribution is 7.89. The van der Waals surface area contributed by atoms with Crippen LogP contribution >= 0.6 is 0 Å². The highest BCUT2D eigenvalue weighted by Crippen LogP contribution is 2.29. The van der Waals surface area contributed by atoms with Crippen LogP contribution in [0.15, 0.2) is 23.1 Å². The van der Waals surface area contributed by atoms with Crippen LogP contribution in [0.25, 0.3) is 0 Å². The number of aliphatic hydroxyl groups is 1. The first-order valence-corrected chi connectivity index (χ1v) is 10.2. The van der Waals surface area contributed by atoms with E-state index in [1.165, 1.54) is 23.5 Å². The molecule has 0 radical (unpaired) electrons. The quantitative estimate of drug-likeness (QED) is 0.627. The molecule has 1 aromatic carbocycles. The predicted octanol–water partition coefficient (Wildman–Crippen LogP) is -0.210. The van der Waals surface area contributed by atoms with Crippen molar-refractivity contribution in [1.82, 2.24) is 14.9 Å². The number of methoxy groups -OCH3 is 1. The van der Waals surface area contributed by atoms with E-state index in [1.807, 2.05) is 0 Å². The number of aliphatic hydroxyl groups excluding tert-OH is 1. The molecular formula is C17H25N3O5S. The molecule has 144 valence electrons. The van der Waals surface area contributed by atoms with Gasteiger partial charge in [-0.05, 0) is 31.0 Å². The van der Waals surface area contributed by atoms with E-state index in [0.717, 1.165) is 12.8 Å². The standard InChI is InChI=1S/C17H25N3O5S/c1-25-15-5-4-12(17(22)19-10-13-9-18-11-14(13)21)8-16(15)26(23,24)20-6-2-3-7-20/h4-5,8,13-14,18,21H,2-3,6-7,9-11H2,1H3,(H,19,22). The van der Waals surface area contributed by atoms with Crippen LogP contribution in [-0.2, 0) is 10.0 Å². The average molecular weight is 383 g/mol. The second kappa shape index (κ2) is 7.91. The Balaban J connectivity index is 1.79. The van der Waals surface area contributed by atoms with Gasteiger partial charge in [0.1, 0.15) is 10.6 Å². The van der Waals surface area contributed by atoms with E-state index in [0.29, 0.717) is 32.7 Å². The van der Waals surface area contributed by atoms with Gasteiger partial charge >= 0.3 is 0 Å². The van der Waals surface area contributed by atoms with E-state index < -0.39 is 16.1 Å². The molecule has 3 rings (SSSR count). The van der Waals surface area contributed by atoms with Gasteiger partial charge in [0.25, 0.3) is 5.91 Å². The molecule has 0 saturated carbocycles. The summed E-state index contributed by atoms with van der Waals surface area (Å²) in [5.74, 6) is -0.196. The molecule has 2 heterocycles. The lowest BCUT2D eigenvalue weighted by Gasteiger charge is -2.18. The van der Waals surface area contributed by atoms with Crippen LogP contribution < -0.4 is 15.4 Å². The number of nitrogens with one attached hydrogen (secondary N) is 2. The van der Waals surface area contributed by atoms with E-state index in [-0.39, 0.29) is 28.0 Å². The first-order chi connectivity index (χ1) is 12.4. The molecule has 3 N–H and O–H groups in total.